The molecule has 1 atom stereocenters. The molecule has 4 heteroatoms. The number of hydrogen-bond donors (Lipinski definition) is 1. The van der Waals surface area contributed by atoms with Crippen LogP contribution in [0.4, 0.5) is 0 Å². The quantitative estimate of drug-likeness (QED) is 0.725. The smallest absolute Gasteiger partial charge is 0.134 e. The van der Waals surface area contributed by atoms with E-state index in [1.807, 2.05) is 25.1 Å². The molecule has 1 N–H and O–H groups in total. The predicted octanol–water partition coefficient (Wildman–Crippen LogP) is 4.55. The van der Waals surface area contributed by atoms with E-state index in [0.29, 0.717) is 0 Å². The largest absolute Gasteiger partial charge is 0.459 e. The van der Waals surface area contributed by atoms with Crippen LogP contribution in [0.5, 0.6) is 0 Å². The van der Waals surface area contributed by atoms with E-state index in [9.17, 15) is 0 Å². The van der Waals surface area contributed by atoms with Crippen LogP contribution >= 0.6 is 11.6 Å². The van der Waals surface area contributed by atoms with Crippen LogP contribution in [0, 0.1) is 0 Å². The fraction of sp³-hybridized carbons (Fsp3) is 0.500. The maximum absolute atomic E-state index is 6.02. The average molecular weight is 296 g/mol. The molecule has 1 aromatic carbocycles. The number of fused-ring (bicyclic) bond motifs is 1. The first-order valence-electron chi connectivity index (χ1n) is 7.24. The van der Waals surface area contributed by atoms with Crippen molar-refractivity contribution in [2.24, 2.45) is 0 Å². The third-order valence-corrected chi connectivity index (χ3v) is 3.47. The summed E-state index contributed by atoms with van der Waals surface area (Å²) in [5.41, 5.74) is 0.879. The van der Waals surface area contributed by atoms with E-state index in [4.69, 9.17) is 20.8 Å². The summed E-state index contributed by atoms with van der Waals surface area (Å²) in [7, 11) is 0. The number of ether oxygens (including phenoxy) is 1. The minimum absolute atomic E-state index is 0.188. The van der Waals surface area contributed by atoms with E-state index >= 15 is 0 Å². The summed E-state index contributed by atoms with van der Waals surface area (Å²) in [6, 6.07) is 7.96. The number of halogens is 1. The monoisotopic (exact) mass is 295 g/mol. The van der Waals surface area contributed by atoms with Gasteiger partial charge in [-0.1, -0.05) is 18.5 Å². The highest BCUT2D eigenvalue weighted by Gasteiger charge is 2.15. The van der Waals surface area contributed by atoms with E-state index in [2.05, 4.69) is 18.3 Å². The molecular formula is C16H22ClNO2. The van der Waals surface area contributed by atoms with Crippen molar-refractivity contribution < 1.29 is 9.15 Å². The Kier molecular flexibility index (Phi) is 5.89. The van der Waals surface area contributed by atoms with Gasteiger partial charge in [-0.2, -0.15) is 0 Å². The van der Waals surface area contributed by atoms with Gasteiger partial charge in [0.2, 0.25) is 0 Å². The average Bonchev–Trinajstić information content (AvgIpc) is 2.85. The molecule has 0 spiro atoms. The van der Waals surface area contributed by atoms with E-state index in [-0.39, 0.29) is 6.04 Å². The Bertz CT molecular complexity index is 538. The molecule has 2 aromatic rings. The molecule has 0 aliphatic carbocycles. The van der Waals surface area contributed by atoms with Crippen molar-refractivity contribution in [1.82, 2.24) is 5.32 Å². The molecule has 0 radical (unpaired) electrons. The van der Waals surface area contributed by atoms with Crippen molar-refractivity contribution in [3.05, 3.63) is 35.0 Å². The van der Waals surface area contributed by atoms with Gasteiger partial charge in [0.25, 0.3) is 0 Å². The zero-order valence-corrected chi connectivity index (χ0v) is 12.9. The molecule has 3 nitrogen and oxygen atoms in total. The summed E-state index contributed by atoms with van der Waals surface area (Å²) in [5, 5.41) is 5.30. The Morgan fingerprint density at radius 3 is 2.90 bits per heavy atom. The topological polar surface area (TPSA) is 34.4 Å². The second kappa shape index (κ2) is 7.67. The van der Waals surface area contributed by atoms with Crippen LogP contribution < -0.4 is 5.32 Å². The lowest BCUT2D eigenvalue weighted by Gasteiger charge is -2.15. The van der Waals surface area contributed by atoms with Gasteiger partial charge in [-0.3, -0.25) is 0 Å². The van der Waals surface area contributed by atoms with E-state index < -0.39 is 0 Å². The summed E-state index contributed by atoms with van der Waals surface area (Å²) in [5.74, 6) is 0.954. The third kappa shape index (κ3) is 3.98. The first kappa shape index (κ1) is 15.4. The van der Waals surface area contributed by atoms with Crippen LogP contribution in [-0.2, 0) is 4.74 Å². The molecule has 0 aliphatic rings. The summed E-state index contributed by atoms with van der Waals surface area (Å²) in [4.78, 5) is 0. The molecule has 0 saturated heterocycles. The summed E-state index contributed by atoms with van der Waals surface area (Å²) in [6.45, 7) is 6.61. The lowest BCUT2D eigenvalue weighted by Crippen LogP contribution is -2.23. The molecule has 0 amide bonds. The van der Waals surface area contributed by atoms with Crippen LogP contribution in [0.15, 0.2) is 28.7 Å². The molecule has 1 unspecified atom stereocenters. The van der Waals surface area contributed by atoms with Crippen LogP contribution in [0.3, 0.4) is 0 Å². The minimum atomic E-state index is 0.188. The highest BCUT2D eigenvalue weighted by molar-refractivity contribution is 6.31. The van der Waals surface area contributed by atoms with Crippen LogP contribution in [0.25, 0.3) is 11.0 Å². The highest BCUT2D eigenvalue weighted by Crippen LogP contribution is 2.27. The van der Waals surface area contributed by atoms with Gasteiger partial charge in [-0.15, -0.1) is 0 Å². The number of benzene rings is 1. The second-order valence-electron chi connectivity index (χ2n) is 4.82. The van der Waals surface area contributed by atoms with Gasteiger partial charge >= 0.3 is 0 Å². The zero-order chi connectivity index (χ0) is 14.4. The normalized spacial score (nSPS) is 12.9. The van der Waals surface area contributed by atoms with Crippen molar-refractivity contribution in [1.29, 1.82) is 0 Å². The Morgan fingerprint density at radius 2 is 2.15 bits per heavy atom. The van der Waals surface area contributed by atoms with E-state index in [1.165, 1.54) is 0 Å². The van der Waals surface area contributed by atoms with Gasteiger partial charge in [0.05, 0.1) is 6.04 Å². The molecule has 0 bridgehead atoms. The maximum atomic E-state index is 6.02. The molecule has 110 valence electrons. The molecular weight excluding hydrogens is 274 g/mol. The van der Waals surface area contributed by atoms with Gasteiger partial charge in [0, 0.05) is 23.6 Å². The van der Waals surface area contributed by atoms with Gasteiger partial charge in [0.15, 0.2) is 0 Å². The lowest BCUT2D eigenvalue weighted by atomic mass is 10.1. The third-order valence-electron chi connectivity index (χ3n) is 3.24. The van der Waals surface area contributed by atoms with E-state index in [1.54, 1.807) is 0 Å². The zero-order valence-electron chi connectivity index (χ0n) is 12.1. The SMILES string of the molecule is CCCNC(CCOCC)c1cc2cc(Cl)ccc2o1. The van der Waals surface area contributed by atoms with Gasteiger partial charge in [0.1, 0.15) is 11.3 Å². The van der Waals surface area contributed by atoms with Gasteiger partial charge < -0.3 is 14.5 Å². The number of hydrogen-bond acceptors (Lipinski definition) is 3. The van der Waals surface area contributed by atoms with Crippen LogP contribution in [0.2, 0.25) is 5.02 Å². The Morgan fingerprint density at radius 1 is 1.30 bits per heavy atom. The molecule has 0 aliphatic heterocycles. The molecule has 2 rings (SSSR count). The van der Waals surface area contributed by atoms with Crippen molar-refractivity contribution >= 4 is 22.6 Å². The summed E-state index contributed by atoms with van der Waals surface area (Å²) in [6.07, 6.45) is 2.00. The van der Waals surface area contributed by atoms with Crippen molar-refractivity contribution in [2.75, 3.05) is 19.8 Å². The number of rotatable bonds is 8. The predicted molar refractivity (Wildman–Crippen MR) is 83.4 cm³/mol. The maximum Gasteiger partial charge on any atom is 0.134 e. The first-order chi connectivity index (χ1) is 9.74. The highest BCUT2D eigenvalue weighted by atomic mass is 35.5. The standard InChI is InChI=1S/C16H22ClNO2/c1-3-8-18-14(7-9-19-4-2)16-11-12-10-13(17)5-6-15(12)20-16/h5-6,10-11,14,18H,3-4,7-9H2,1-2H3. The first-order valence-corrected chi connectivity index (χ1v) is 7.62. The van der Waals surface area contributed by atoms with Gasteiger partial charge in [-0.25, -0.2) is 0 Å². The van der Waals surface area contributed by atoms with Crippen molar-refractivity contribution in [2.45, 2.75) is 32.7 Å². The minimum Gasteiger partial charge on any atom is -0.459 e. The number of furan rings is 1. The summed E-state index contributed by atoms with van der Waals surface area (Å²) >= 11 is 6.02. The lowest BCUT2D eigenvalue weighted by molar-refractivity contribution is 0.134. The van der Waals surface area contributed by atoms with E-state index in [0.717, 1.165) is 54.4 Å². The fourth-order valence-corrected chi connectivity index (χ4v) is 2.40. The molecule has 1 aromatic heterocycles. The van der Waals surface area contributed by atoms with Crippen LogP contribution in [0.1, 0.15) is 38.5 Å². The fourth-order valence-electron chi connectivity index (χ4n) is 2.22. The molecule has 1 heterocycles. The Balaban J connectivity index is 2.15. The van der Waals surface area contributed by atoms with Gasteiger partial charge in [-0.05, 0) is 50.6 Å². The molecule has 0 saturated carbocycles. The molecule has 20 heavy (non-hydrogen) atoms. The van der Waals surface area contributed by atoms with Crippen molar-refractivity contribution in [3.8, 4) is 0 Å². The van der Waals surface area contributed by atoms with Crippen molar-refractivity contribution in [3.63, 3.8) is 0 Å². The second-order valence-corrected chi connectivity index (χ2v) is 5.26. The summed E-state index contributed by atoms with van der Waals surface area (Å²) < 4.78 is 11.4. The Labute approximate surface area is 125 Å². The number of nitrogens with one attached hydrogen (secondary N) is 1. The molecule has 0 fully saturated rings. The Hall–Kier alpha value is -1.03. The van der Waals surface area contributed by atoms with Crippen LogP contribution in [-0.4, -0.2) is 19.8 Å².